The third-order valence-corrected chi connectivity index (χ3v) is 12.5. The van der Waals surface area contributed by atoms with Crippen LogP contribution in [0.15, 0.2) is 126 Å². The smallest absolute Gasteiger partial charge is 0.306 e. The number of hydrogen-bond donors (Lipinski definition) is 9. The second kappa shape index (κ2) is 37.8. The fourth-order valence-corrected chi connectivity index (χ4v) is 8.48. The second-order valence-corrected chi connectivity index (χ2v) is 18.9. The van der Waals surface area contributed by atoms with Crippen LogP contribution in [0.2, 0.25) is 0 Å². The fourth-order valence-electron chi connectivity index (χ4n) is 8.19. The molecule has 0 unspecified atom stereocenters. The summed E-state index contributed by atoms with van der Waals surface area (Å²) in [5.74, 6) is 1.27. The van der Waals surface area contributed by atoms with Crippen molar-refractivity contribution in [1.82, 2.24) is 35.2 Å². The van der Waals surface area contributed by atoms with Crippen LogP contribution in [0, 0.1) is 12.0 Å². The Bertz CT molecular complexity index is 3850. The Labute approximate surface area is 522 Å². The first-order valence-electron chi connectivity index (χ1n) is 27.5. The van der Waals surface area contributed by atoms with Crippen molar-refractivity contribution in [2.75, 3.05) is 75.8 Å². The minimum absolute atomic E-state index is 0.00409. The molecule has 0 radical (unpaired) electrons. The first-order valence-corrected chi connectivity index (χ1v) is 28.3. The summed E-state index contributed by atoms with van der Waals surface area (Å²) < 4.78 is 26.3. The second-order valence-electron chi connectivity index (χ2n) is 18.2. The number of fused-ring (bicyclic) bond motifs is 4. The van der Waals surface area contributed by atoms with Gasteiger partial charge in [0.15, 0.2) is 22.6 Å². The van der Waals surface area contributed by atoms with Crippen LogP contribution in [-0.2, 0) is 36.9 Å². The molecule has 6 aromatic carbocycles. The van der Waals surface area contributed by atoms with Crippen LogP contribution >= 0.6 is 15.9 Å². The summed E-state index contributed by atoms with van der Waals surface area (Å²) >= 11 is 3.02. The molecule has 89 heavy (non-hydrogen) atoms. The van der Waals surface area contributed by atoms with Crippen molar-refractivity contribution >= 4 is 119 Å². The highest BCUT2D eigenvalue weighted by molar-refractivity contribution is 9.10. The summed E-state index contributed by atoms with van der Waals surface area (Å²) in [6.45, 7) is 16.2. The SMILES string of the molecule is CCOc1ccc2ccccc2c1C=O.CCOc1ccc2ccccc2c1CN(CCC(=O)O)c1ncc2c(N)nc(N)nc2n1.CCOc1ccc2ccccc2c1CNCCC(=O)OC.COC(=O)CCN.N=C(N)N.[C-]#[N+]c1cnc(Br)nc1N. The zero-order chi connectivity index (χ0) is 65.3. The number of methoxy groups -OCH3 is 2. The predicted molar refractivity (Wildman–Crippen MR) is 349 cm³/mol. The molecule has 15 N–H and O–H groups in total. The highest BCUT2D eigenvalue weighted by Crippen LogP contribution is 2.32. The molecule has 0 saturated carbocycles. The van der Waals surface area contributed by atoms with E-state index in [-0.39, 0.29) is 54.1 Å². The molecular weight excluding hydrogens is 1210 g/mol. The molecule has 0 aliphatic heterocycles. The van der Waals surface area contributed by atoms with Gasteiger partial charge in [0.05, 0.1) is 77.4 Å². The number of benzene rings is 6. The molecule has 3 aromatic heterocycles. The van der Waals surface area contributed by atoms with Crippen LogP contribution in [0.3, 0.4) is 0 Å². The van der Waals surface area contributed by atoms with Crippen LogP contribution in [0.1, 0.15) is 61.5 Å². The molecule has 26 nitrogen and oxygen atoms in total. The van der Waals surface area contributed by atoms with Crippen LogP contribution in [0.25, 0.3) is 48.2 Å². The maximum atomic E-state index is 11.3. The van der Waals surface area contributed by atoms with E-state index in [0.29, 0.717) is 91.9 Å². The number of guanidine groups is 1. The number of carboxylic acids is 1. The van der Waals surface area contributed by atoms with E-state index in [1.807, 2.05) is 112 Å². The molecule has 0 fully saturated rings. The van der Waals surface area contributed by atoms with Crippen LogP contribution in [0.5, 0.6) is 17.2 Å². The molecule has 0 aliphatic rings. The van der Waals surface area contributed by atoms with Gasteiger partial charge in [0.25, 0.3) is 0 Å². The molecule has 0 atom stereocenters. The number of halogens is 1. The number of anilines is 4. The summed E-state index contributed by atoms with van der Waals surface area (Å²) in [6.07, 6.45) is 4.34. The van der Waals surface area contributed by atoms with E-state index >= 15 is 0 Å². The number of aldehydes is 1. The average molecular weight is 1280 g/mol. The van der Waals surface area contributed by atoms with E-state index in [1.165, 1.54) is 37.4 Å². The molecule has 0 saturated heterocycles. The summed E-state index contributed by atoms with van der Waals surface area (Å²) in [4.78, 5) is 72.9. The zero-order valence-corrected chi connectivity index (χ0v) is 51.5. The van der Waals surface area contributed by atoms with E-state index in [2.05, 4.69) is 95.1 Å². The number of carbonyl (C=O) groups is 4. The molecule has 3 heterocycles. The van der Waals surface area contributed by atoms with Gasteiger partial charge in [-0.2, -0.15) is 15.0 Å². The first kappa shape index (κ1) is 70.9. The molecule has 0 bridgehead atoms. The lowest BCUT2D eigenvalue weighted by molar-refractivity contribution is -0.141. The maximum Gasteiger partial charge on any atom is 0.306 e. The number of nitrogens with one attached hydrogen (secondary N) is 2. The minimum Gasteiger partial charge on any atom is -0.494 e. The lowest BCUT2D eigenvalue weighted by atomic mass is 10.0. The number of carbonyl (C=O) groups excluding carboxylic acids is 3. The standard InChI is InChI=1S/C22H23N7O3.C17H21NO3.C13H12O2.C5H3BrN4.C4H9NO2.CH5N3/c1-2-32-17-8-7-13-5-3-4-6-14(13)16(17)12-29(10-9-18(30)31)22-25-11-15-19(23)26-21(24)27-20(15)28-22;1-3-21-16-9-8-13-6-4-5-7-14(13)15(16)12-18-11-10-17(19)20-2;1-2-15-13-8-7-10-5-3-4-6-11(10)12(13)9-14;1-8-3-2-9-5(6)10-4(3)7;1-7-4(6)2-3-5;2-1(3)4/h3-8,11H,2,9-10,12H2,1H3,(H,30,31)(H4,23,24,25,26,27,28);4-9,18H,3,10-12H2,1-2H3;3-9H,2H2,1H3;2H,(H2,7,9,10);2-3,5H2,1H3;(H5,2,3,4). The van der Waals surface area contributed by atoms with Crippen molar-refractivity contribution in [3.05, 3.63) is 154 Å². The first-order chi connectivity index (χ1) is 42.9. The number of aromatic nitrogens is 6. The Morgan fingerprint density at radius 2 is 1.19 bits per heavy atom. The minimum atomic E-state index is -0.922. The highest BCUT2D eigenvalue weighted by atomic mass is 79.9. The third-order valence-electron chi connectivity index (χ3n) is 12.2. The van der Waals surface area contributed by atoms with E-state index in [4.69, 9.17) is 49.1 Å². The van der Waals surface area contributed by atoms with E-state index < -0.39 is 5.97 Å². The number of esters is 2. The third kappa shape index (κ3) is 22.7. The van der Waals surface area contributed by atoms with Gasteiger partial charge in [0.2, 0.25) is 17.6 Å². The van der Waals surface area contributed by atoms with E-state index in [0.717, 1.165) is 50.5 Å². The number of hydrogen-bond acceptors (Lipinski definition) is 22. The lowest BCUT2D eigenvalue weighted by Crippen LogP contribution is -2.28. The van der Waals surface area contributed by atoms with E-state index in [9.17, 15) is 24.3 Å². The number of rotatable bonds is 20. The number of nitrogens with two attached hydrogens (primary N) is 6. The number of aliphatic carboxylic acids is 1. The largest absolute Gasteiger partial charge is 0.494 e. The van der Waals surface area contributed by atoms with Crippen LogP contribution < -0.4 is 58.8 Å². The van der Waals surface area contributed by atoms with Gasteiger partial charge < -0.3 is 73.4 Å². The topological polar surface area (TPSA) is 412 Å². The van der Waals surface area contributed by atoms with Crippen LogP contribution in [0.4, 0.5) is 29.2 Å². The van der Waals surface area contributed by atoms with E-state index in [1.54, 1.807) is 4.90 Å². The summed E-state index contributed by atoms with van der Waals surface area (Å²) in [7, 11) is 2.75. The average Bonchev–Trinajstić information content (AvgIpc) is 1.63. The Hall–Kier alpha value is -10.6. The van der Waals surface area contributed by atoms with Gasteiger partial charge in [-0.3, -0.25) is 24.6 Å². The Morgan fingerprint density at radius 1 is 0.674 bits per heavy atom. The quantitative estimate of drug-likeness (QED) is 0.00659. The highest BCUT2D eigenvalue weighted by Gasteiger charge is 2.19. The van der Waals surface area contributed by atoms with Gasteiger partial charge in [-0.05, 0) is 87.2 Å². The zero-order valence-electron chi connectivity index (χ0n) is 49.9. The predicted octanol–water partition coefficient (Wildman–Crippen LogP) is 8.28. The van der Waals surface area contributed by atoms with Crippen LogP contribution in [-0.4, -0.2) is 119 Å². The normalized spacial score (nSPS) is 10.1. The molecule has 9 aromatic rings. The Kier molecular flexibility index (Phi) is 30.1. The van der Waals surface area contributed by atoms with Gasteiger partial charge in [0, 0.05) is 49.7 Å². The van der Waals surface area contributed by atoms with Gasteiger partial charge in [-0.1, -0.05) is 91.0 Å². The molecule has 27 heteroatoms. The van der Waals surface area contributed by atoms with Crippen molar-refractivity contribution in [2.45, 2.75) is 53.1 Å². The Morgan fingerprint density at radius 3 is 1.71 bits per heavy atom. The van der Waals surface area contributed by atoms with Gasteiger partial charge in [-0.15, -0.1) is 0 Å². The Balaban J connectivity index is 0.000000256. The van der Waals surface area contributed by atoms with Crippen molar-refractivity contribution in [3.63, 3.8) is 0 Å². The number of nitrogens with zero attached hydrogens (tertiary/aromatic N) is 8. The molecule has 9 rings (SSSR count). The van der Waals surface area contributed by atoms with Gasteiger partial charge in [0.1, 0.15) is 28.9 Å². The van der Waals surface area contributed by atoms with Crippen molar-refractivity contribution in [2.24, 2.45) is 17.2 Å². The summed E-state index contributed by atoms with van der Waals surface area (Å²) in [5, 5.41) is 25.5. The number of carboxylic acid groups (broad SMARTS) is 1. The lowest BCUT2D eigenvalue weighted by Gasteiger charge is -2.24. The van der Waals surface area contributed by atoms with Gasteiger partial charge >= 0.3 is 17.9 Å². The van der Waals surface area contributed by atoms with Gasteiger partial charge in [-0.25, -0.2) is 19.8 Å². The number of nitrogen functional groups attached to an aromatic ring is 3. The molecular formula is C62H73BrN16O10. The van der Waals surface area contributed by atoms with Crippen molar-refractivity contribution in [3.8, 4) is 17.2 Å². The molecule has 468 valence electrons. The summed E-state index contributed by atoms with van der Waals surface area (Å²) in [5.41, 5.74) is 34.2. The summed E-state index contributed by atoms with van der Waals surface area (Å²) in [6, 6.07) is 35.8. The fraction of sp³-hybridized carbons (Fsp3) is 0.258. The molecule has 0 amide bonds. The monoisotopic (exact) mass is 1280 g/mol. The molecule has 0 spiro atoms. The maximum absolute atomic E-state index is 11.3. The van der Waals surface area contributed by atoms with Crippen molar-refractivity contribution < 1.29 is 48.0 Å². The molecule has 0 aliphatic carbocycles. The number of ether oxygens (including phenoxy) is 5. The van der Waals surface area contributed by atoms with Crippen molar-refractivity contribution in [1.29, 1.82) is 5.41 Å².